The topological polar surface area (TPSA) is 188 Å². The van der Waals surface area contributed by atoms with Gasteiger partial charge in [-0.3, -0.25) is 0 Å². The van der Waals surface area contributed by atoms with Crippen LogP contribution < -0.4 is 9.47 Å². The van der Waals surface area contributed by atoms with Crippen molar-refractivity contribution >= 4 is 0 Å². The largest absolute Gasteiger partial charge is 0.487 e. The normalized spacial score (nSPS) is 33.1. The molecule has 0 bridgehead atoms. The summed E-state index contributed by atoms with van der Waals surface area (Å²) in [5.74, 6) is 1.37. The first-order valence-corrected chi connectivity index (χ1v) is 20.4. The highest BCUT2D eigenvalue weighted by Gasteiger charge is 2.51. The summed E-state index contributed by atoms with van der Waals surface area (Å²) >= 11 is 0. The molecule has 1 unspecified atom stereocenters. The van der Waals surface area contributed by atoms with Gasteiger partial charge in [0.15, 0.2) is 6.29 Å². The van der Waals surface area contributed by atoms with Crippen LogP contribution in [0.3, 0.4) is 0 Å². The van der Waals surface area contributed by atoms with Gasteiger partial charge in [-0.25, -0.2) is 0 Å². The predicted molar refractivity (Wildman–Crippen MR) is 200 cm³/mol. The number of aliphatic hydroxyl groups excluding tert-OH is 7. The van der Waals surface area contributed by atoms with Crippen molar-refractivity contribution in [2.75, 3.05) is 13.2 Å². The number of fused-ring (bicyclic) bond motifs is 1. The van der Waals surface area contributed by atoms with Crippen LogP contribution in [0.4, 0.5) is 0 Å². The molecule has 0 radical (unpaired) electrons. The van der Waals surface area contributed by atoms with Crippen molar-refractivity contribution < 1.29 is 59.4 Å². The Kier molecular flexibility index (Phi) is 17.6. The second-order valence-electron chi connectivity index (χ2n) is 16.0. The van der Waals surface area contributed by atoms with Crippen LogP contribution in [0, 0.1) is 20.8 Å². The van der Waals surface area contributed by atoms with Crippen LogP contribution in [-0.4, -0.2) is 116 Å². The van der Waals surface area contributed by atoms with E-state index in [4.69, 9.17) is 23.7 Å². The van der Waals surface area contributed by atoms with E-state index in [2.05, 4.69) is 13.8 Å². The fourth-order valence-corrected chi connectivity index (χ4v) is 8.10. The molecule has 1 aromatic rings. The minimum Gasteiger partial charge on any atom is -0.487 e. The van der Waals surface area contributed by atoms with Crippen LogP contribution in [-0.2, 0) is 20.6 Å². The fourth-order valence-electron chi connectivity index (χ4n) is 8.10. The van der Waals surface area contributed by atoms with Crippen molar-refractivity contribution in [3.8, 4) is 11.5 Å². The molecule has 0 spiro atoms. The molecule has 3 aliphatic rings. The average Bonchev–Trinajstić information content (AvgIpc) is 3.15. The van der Waals surface area contributed by atoms with Gasteiger partial charge in [0, 0.05) is 5.56 Å². The van der Waals surface area contributed by atoms with Gasteiger partial charge in [-0.2, -0.15) is 0 Å². The van der Waals surface area contributed by atoms with E-state index >= 15 is 0 Å². The number of aliphatic hydroxyl groups is 7. The van der Waals surface area contributed by atoms with E-state index in [1.807, 2.05) is 20.8 Å². The zero-order chi connectivity index (χ0) is 38.7. The van der Waals surface area contributed by atoms with Gasteiger partial charge in [-0.15, -0.1) is 0 Å². The molecule has 53 heavy (non-hydrogen) atoms. The summed E-state index contributed by atoms with van der Waals surface area (Å²) in [5.41, 5.74) is 3.38. The van der Waals surface area contributed by atoms with Crippen LogP contribution in [0.15, 0.2) is 0 Å². The first-order valence-electron chi connectivity index (χ1n) is 20.4. The number of ether oxygens (including phenoxy) is 5. The fraction of sp³-hybridized carbons (Fsp3) is 0.854. The second kappa shape index (κ2) is 21.1. The summed E-state index contributed by atoms with van der Waals surface area (Å²) in [7, 11) is 0. The van der Waals surface area contributed by atoms with E-state index in [1.54, 1.807) is 0 Å². The van der Waals surface area contributed by atoms with Gasteiger partial charge < -0.3 is 59.4 Å². The van der Waals surface area contributed by atoms with Gasteiger partial charge in [0.1, 0.15) is 65.9 Å². The standard InChI is InChI=1S/C41H70O12/c1-6-7-8-9-10-11-12-13-14-15-16-17-18-19-21-41(5)22-20-28-27(4)36(25(2)26(3)37(28)53-41)51-40-35(48)33(46)38(30(24-43)50-40)52-39-34(47)32(45)31(44)29(23-42)49-39/h29-35,38-40,42-48H,6-24H2,1-5H3/t29-,30-,31-,32+,33-,34-,35-,38-,39-,40+,41?/m1/s1. The molecule has 11 atom stereocenters. The first kappa shape index (κ1) is 44.1. The SMILES string of the molecule is CCCCCCCCCCCCCCCCC1(C)CCc2c(C)c(O[C@@H]3O[C@H](CO)[C@@H](O[C@H]4O[C@H](CO)[C@@H](O)[C@H](O)[C@H]4O)[C@H](O)[C@H]3O)c(C)c(C)c2O1. The van der Waals surface area contributed by atoms with Crippen molar-refractivity contribution in [1.82, 2.24) is 0 Å². The third-order valence-electron chi connectivity index (χ3n) is 11.8. The minimum absolute atomic E-state index is 0.257. The van der Waals surface area contributed by atoms with Gasteiger partial charge in [-0.05, 0) is 70.1 Å². The first-order chi connectivity index (χ1) is 25.4. The molecule has 2 saturated heterocycles. The van der Waals surface area contributed by atoms with E-state index in [1.165, 1.54) is 83.5 Å². The maximum absolute atomic E-state index is 11.1. The summed E-state index contributed by atoms with van der Waals surface area (Å²) < 4.78 is 30.1. The molecule has 0 amide bonds. The Balaban J connectivity index is 1.28. The number of unbranched alkanes of at least 4 members (excludes halogenated alkanes) is 13. The lowest BCUT2D eigenvalue weighted by Crippen LogP contribution is -2.65. The molecule has 2 fully saturated rings. The predicted octanol–water partition coefficient (Wildman–Crippen LogP) is 4.57. The summed E-state index contributed by atoms with van der Waals surface area (Å²) in [4.78, 5) is 0. The molecule has 12 heteroatoms. The molecular weight excluding hydrogens is 684 g/mol. The van der Waals surface area contributed by atoms with Crippen LogP contribution in [0.2, 0.25) is 0 Å². The Labute approximate surface area is 316 Å². The Morgan fingerprint density at radius 2 is 1.15 bits per heavy atom. The second-order valence-corrected chi connectivity index (χ2v) is 16.0. The molecule has 1 aromatic carbocycles. The molecule has 12 nitrogen and oxygen atoms in total. The molecule has 0 saturated carbocycles. The minimum atomic E-state index is -1.74. The van der Waals surface area contributed by atoms with E-state index in [0.29, 0.717) is 5.75 Å². The Morgan fingerprint density at radius 3 is 1.72 bits per heavy atom. The molecule has 0 aromatic heterocycles. The van der Waals surface area contributed by atoms with Crippen molar-refractivity contribution in [2.24, 2.45) is 0 Å². The van der Waals surface area contributed by atoms with Crippen LogP contribution >= 0.6 is 0 Å². The number of benzene rings is 1. The lowest BCUT2D eigenvalue weighted by molar-refractivity contribution is -0.352. The summed E-state index contributed by atoms with van der Waals surface area (Å²) in [6, 6.07) is 0. The maximum atomic E-state index is 11.1. The van der Waals surface area contributed by atoms with Gasteiger partial charge in [0.05, 0.1) is 13.2 Å². The molecular formula is C41H70O12. The molecule has 3 aliphatic heterocycles. The smallest absolute Gasteiger partial charge is 0.229 e. The highest BCUT2D eigenvalue weighted by Crippen LogP contribution is 2.45. The summed E-state index contributed by atoms with van der Waals surface area (Å²) in [5, 5.41) is 72.6. The summed E-state index contributed by atoms with van der Waals surface area (Å²) in [6.07, 6.45) is 6.12. The zero-order valence-electron chi connectivity index (χ0n) is 32.9. The van der Waals surface area contributed by atoms with Gasteiger partial charge in [0.2, 0.25) is 6.29 Å². The van der Waals surface area contributed by atoms with Crippen molar-refractivity contribution in [3.05, 3.63) is 22.3 Å². The van der Waals surface area contributed by atoms with Gasteiger partial charge >= 0.3 is 0 Å². The van der Waals surface area contributed by atoms with Crippen LogP contribution in [0.25, 0.3) is 0 Å². The number of rotatable bonds is 21. The number of hydrogen-bond donors (Lipinski definition) is 7. The lowest BCUT2D eigenvalue weighted by Gasteiger charge is -2.46. The zero-order valence-corrected chi connectivity index (χ0v) is 32.9. The average molecular weight is 755 g/mol. The van der Waals surface area contributed by atoms with E-state index in [9.17, 15) is 35.7 Å². The monoisotopic (exact) mass is 754 g/mol. The van der Waals surface area contributed by atoms with Crippen molar-refractivity contribution in [3.63, 3.8) is 0 Å². The Bertz CT molecular complexity index is 1240. The molecule has 306 valence electrons. The number of hydrogen-bond acceptors (Lipinski definition) is 12. The molecule has 7 N–H and O–H groups in total. The van der Waals surface area contributed by atoms with Gasteiger partial charge in [-0.1, -0.05) is 90.4 Å². The quantitative estimate of drug-likeness (QED) is 0.0869. The van der Waals surface area contributed by atoms with Gasteiger partial charge in [0.25, 0.3) is 0 Å². The molecule has 4 rings (SSSR count). The van der Waals surface area contributed by atoms with Crippen LogP contribution in [0.5, 0.6) is 11.5 Å². The van der Waals surface area contributed by atoms with E-state index in [0.717, 1.165) is 53.7 Å². The van der Waals surface area contributed by atoms with Crippen molar-refractivity contribution in [2.45, 2.75) is 211 Å². The van der Waals surface area contributed by atoms with Crippen molar-refractivity contribution in [1.29, 1.82) is 0 Å². The Morgan fingerprint density at radius 1 is 0.623 bits per heavy atom. The molecule has 3 heterocycles. The Hall–Kier alpha value is -1.58. The third kappa shape index (κ3) is 11.3. The third-order valence-corrected chi connectivity index (χ3v) is 11.8. The van der Waals surface area contributed by atoms with Crippen LogP contribution in [0.1, 0.15) is 139 Å². The lowest BCUT2D eigenvalue weighted by atomic mass is 9.84. The maximum Gasteiger partial charge on any atom is 0.229 e. The summed E-state index contributed by atoms with van der Waals surface area (Å²) in [6.45, 7) is 9.02. The van der Waals surface area contributed by atoms with E-state index in [-0.39, 0.29) is 5.60 Å². The molecule has 0 aliphatic carbocycles. The van der Waals surface area contributed by atoms with E-state index < -0.39 is 74.6 Å². The highest BCUT2D eigenvalue weighted by atomic mass is 16.7. The highest BCUT2D eigenvalue weighted by molar-refractivity contribution is 5.59.